The van der Waals surface area contributed by atoms with Crippen molar-refractivity contribution in [1.29, 1.82) is 0 Å². The van der Waals surface area contributed by atoms with Crippen LogP contribution in [0.1, 0.15) is 44.0 Å². The van der Waals surface area contributed by atoms with Crippen LogP contribution >= 0.6 is 28.1 Å². The van der Waals surface area contributed by atoms with Gasteiger partial charge in [0.05, 0.1) is 11.1 Å². The largest absolute Gasteiger partial charge is 0.492 e. The van der Waals surface area contributed by atoms with E-state index in [9.17, 15) is 4.79 Å². The smallest absolute Gasteiger partial charge is 0.257 e. The maximum atomic E-state index is 12.2. The highest BCUT2D eigenvalue weighted by atomic mass is 79.9. The molecular weight excluding hydrogens is 364 g/mol. The number of nitrogens with one attached hydrogen (secondary N) is 1. The Morgan fingerprint density at radius 3 is 2.55 bits per heavy atom. The molecule has 1 aromatic carbocycles. The average Bonchev–Trinajstić information content (AvgIpc) is 2.50. The lowest BCUT2D eigenvalue weighted by molar-refractivity contribution is 0.0973. The predicted molar refractivity (Wildman–Crippen MR) is 97.5 cm³/mol. The molecule has 4 nitrogen and oxygen atoms in total. The van der Waals surface area contributed by atoms with Gasteiger partial charge in [-0.05, 0) is 66.6 Å². The zero-order chi connectivity index (χ0) is 16.5. The Morgan fingerprint density at radius 2 is 2.00 bits per heavy atom. The Morgan fingerprint density at radius 1 is 1.32 bits per heavy atom. The van der Waals surface area contributed by atoms with Crippen LogP contribution < -0.4 is 10.1 Å². The third-order valence-electron chi connectivity index (χ3n) is 3.22. The number of carbonyl (C=O) groups excluding carboxylic acids is 1. The van der Waals surface area contributed by atoms with Gasteiger partial charge in [0, 0.05) is 18.7 Å². The number of rotatable bonds is 7. The monoisotopic (exact) mass is 386 g/mol. The van der Waals surface area contributed by atoms with Crippen LogP contribution in [0.4, 0.5) is 0 Å². The number of amides is 1. The highest BCUT2D eigenvalue weighted by Gasteiger charge is 2.13. The Kier molecular flexibility index (Phi) is 8.42. The van der Waals surface area contributed by atoms with Crippen molar-refractivity contribution in [2.45, 2.75) is 33.6 Å². The van der Waals surface area contributed by atoms with E-state index in [1.807, 2.05) is 18.7 Å². The van der Waals surface area contributed by atoms with E-state index in [1.54, 1.807) is 18.2 Å². The van der Waals surface area contributed by atoms with Crippen LogP contribution in [0.15, 0.2) is 22.7 Å². The Bertz CT molecular complexity index is 519. The normalized spacial score (nSPS) is 10.2. The van der Waals surface area contributed by atoms with Gasteiger partial charge in [-0.1, -0.05) is 13.3 Å². The van der Waals surface area contributed by atoms with Crippen molar-refractivity contribution < 1.29 is 9.53 Å². The van der Waals surface area contributed by atoms with E-state index in [1.165, 1.54) is 0 Å². The van der Waals surface area contributed by atoms with Crippen molar-refractivity contribution in [3.8, 4) is 5.75 Å². The fourth-order valence-electron chi connectivity index (χ4n) is 1.84. The number of thiocarbonyl (C=S) groups is 1. The molecule has 1 rings (SSSR count). The quantitative estimate of drug-likeness (QED) is 0.568. The number of carbonyl (C=O) groups is 1. The number of nitrogens with zero attached hydrogens (tertiary/aromatic N) is 1. The molecule has 1 amide bonds. The lowest BCUT2D eigenvalue weighted by Crippen LogP contribution is -2.42. The SMILES string of the molecule is CCCCOc1ccc(C(=O)NC(=S)N(CC)CC)cc1Br. The lowest BCUT2D eigenvalue weighted by atomic mass is 10.2. The van der Waals surface area contributed by atoms with E-state index in [2.05, 4.69) is 28.2 Å². The van der Waals surface area contributed by atoms with Gasteiger partial charge in [-0.2, -0.15) is 0 Å². The summed E-state index contributed by atoms with van der Waals surface area (Å²) in [5, 5.41) is 3.21. The highest BCUT2D eigenvalue weighted by Crippen LogP contribution is 2.26. The number of hydrogen-bond donors (Lipinski definition) is 1. The zero-order valence-electron chi connectivity index (χ0n) is 13.3. The molecule has 1 aromatic rings. The van der Waals surface area contributed by atoms with Crippen LogP contribution in [0.3, 0.4) is 0 Å². The van der Waals surface area contributed by atoms with E-state index >= 15 is 0 Å². The maximum Gasteiger partial charge on any atom is 0.257 e. The second kappa shape index (κ2) is 9.79. The first-order chi connectivity index (χ1) is 10.5. The summed E-state index contributed by atoms with van der Waals surface area (Å²) in [7, 11) is 0. The summed E-state index contributed by atoms with van der Waals surface area (Å²) in [5.41, 5.74) is 0.546. The van der Waals surface area contributed by atoms with Crippen LogP contribution in [-0.2, 0) is 0 Å². The number of ether oxygens (including phenoxy) is 1. The van der Waals surface area contributed by atoms with Gasteiger partial charge in [-0.3, -0.25) is 10.1 Å². The molecule has 0 aliphatic rings. The standard InChI is InChI=1S/C16H23BrN2O2S/c1-4-7-10-21-14-9-8-12(11-13(14)17)15(20)18-16(22)19(5-2)6-3/h8-9,11H,4-7,10H2,1-3H3,(H,18,20,22). The summed E-state index contributed by atoms with van der Waals surface area (Å²) in [6, 6.07) is 5.29. The van der Waals surface area contributed by atoms with Crippen LogP contribution in [-0.4, -0.2) is 35.6 Å². The number of halogens is 1. The molecule has 0 saturated carbocycles. The minimum absolute atomic E-state index is 0.210. The van der Waals surface area contributed by atoms with Crippen LogP contribution in [0.5, 0.6) is 5.75 Å². The topological polar surface area (TPSA) is 41.6 Å². The first kappa shape index (κ1) is 18.9. The van der Waals surface area contributed by atoms with Crippen molar-refractivity contribution in [1.82, 2.24) is 10.2 Å². The number of hydrogen-bond acceptors (Lipinski definition) is 3. The Hall–Kier alpha value is -1.14. The first-order valence-electron chi connectivity index (χ1n) is 7.56. The zero-order valence-corrected chi connectivity index (χ0v) is 15.7. The van der Waals surface area contributed by atoms with Crippen LogP contribution in [0, 0.1) is 0 Å². The van der Waals surface area contributed by atoms with Crippen molar-refractivity contribution in [3.63, 3.8) is 0 Å². The minimum Gasteiger partial charge on any atom is -0.492 e. The minimum atomic E-state index is -0.210. The maximum absolute atomic E-state index is 12.2. The number of unbranched alkanes of at least 4 members (excludes halogenated alkanes) is 1. The third-order valence-corrected chi connectivity index (χ3v) is 4.20. The summed E-state index contributed by atoms with van der Waals surface area (Å²) < 4.78 is 6.42. The molecule has 6 heteroatoms. The third kappa shape index (κ3) is 5.57. The van der Waals surface area contributed by atoms with E-state index in [0.29, 0.717) is 17.3 Å². The van der Waals surface area contributed by atoms with Gasteiger partial charge in [0.25, 0.3) is 5.91 Å². The molecule has 0 saturated heterocycles. The second-order valence-corrected chi connectivity index (χ2v) is 6.02. The van der Waals surface area contributed by atoms with E-state index < -0.39 is 0 Å². The molecule has 22 heavy (non-hydrogen) atoms. The molecule has 0 fully saturated rings. The summed E-state index contributed by atoms with van der Waals surface area (Å²) >= 11 is 8.68. The molecule has 0 aliphatic carbocycles. The molecule has 0 unspecified atom stereocenters. The second-order valence-electron chi connectivity index (χ2n) is 4.78. The van der Waals surface area contributed by atoms with Crippen molar-refractivity contribution >= 4 is 39.2 Å². The number of benzene rings is 1. The molecule has 0 spiro atoms. The highest BCUT2D eigenvalue weighted by molar-refractivity contribution is 9.10. The molecule has 0 radical (unpaired) electrons. The molecule has 122 valence electrons. The van der Waals surface area contributed by atoms with Gasteiger partial charge in [0.2, 0.25) is 0 Å². The van der Waals surface area contributed by atoms with Crippen LogP contribution in [0.2, 0.25) is 0 Å². The van der Waals surface area contributed by atoms with Gasteiger partial charge in [-0.15, -0.1) is 0 Å². The fraction of sp³-hybridized carbons (Fsp3) is 0.500. The first-order valence-corrected chi connectivity index (χ1v) is 8.76. The van der Waals surface area contributed by atoms with Crippen molar-refractivity contribution in [2.24, 2.45) is 0 Å². The van der Waals surface area contributed by atoms with Gasteiger partial charge < -0.3 is 9.64 Å². The molecule has 0 bridgehead atoms. The molecule has 0 aliphatic heterocycles. The fourth-order valence-corrected chi connectivity index (χ4v) is 2.69. The average molecular weight is 387 g/mol. The van der Waals surface area contributed by atoms with E-state index in [4.69, 9.17) is 17.0 Å². The molecule has 0 atom stereocenters. The summed E-state index contributed by atoms with van der Waals surface area (Å²) in [4.78, 5) is 14.1. The van der Waals surface area contributed by atoms with Crippen molar-refractivity contribution in [3.05, 3.63) is 28.2 Å². The molecular formula is C16H23BrN2O2S. The lowest BCUT2D eigenvalue weighted by Gasteiger charge is -2.21. The molecule has 1 N–H and O–H groups in total. The van der Waals surface area contributed by atoms with Gasteiger partial charge in [-0.25, -0.2) is 0 Å². The van der Waals surface area contributed by atoms with Crippen LogP contribution in [0.25, 0.3) is 0 Å². The molecule has 0 heterocycles. The Labute approximate surface area is 146 Å². The van der Waals surface area contributed by atoms with Gasteiger partial charge in [0.1, 0.15) is 5.75 Å². The summed E-state index contributed by atoms with van der Waals surface area (Å²) in [6.07, 6.45) is 2.09. The van der Waals surface area contributed by atoms with Gasteiger partial charge in [0.15, 0.2) is 5.11 Å². The van der Waals surface area contributed by atoms with Crippen molar-refractivity contribution in [2.75, 3.05) is 19.7 Å². The summed E-state index contributed by atoms with van der Waals surface area (Å²) in [5.74, 6) is 0.536. The van der Waals surface area contributed by atoms with E-state index in [-0.39, 0.29) is 5.91 Å². The Balaban J connectivity index is 2.70. The van der Waals surface area contributed by atoms with E-state index in [0.717, 1.165) is 36.2 Å². The predicted octanol–water partition coefficient (Wildman–Crippen LogP) is 3.98. The summed E-state index contributed by atoms with van der Waals surface area (Å²) in [6.45, 7) is 8.33. The molecule has 0 aromatic heterocycles. The van der Waals surface area contributed by atoms with Gasteiger partial charge >= 0.3 is 0 Å².